The summed E-state index contributed by atoms with van der Waals surface area (Å²) < 4.78 is 2.46. The summed E-state index contributed by atoms with van der Waals surface area (Å²) in [6.07, 6.45) is 0. The summed E-state index contributed by atoms with van der Waals surface area (Å²) in [6, 6.07) is 86.9. The third-order valence-electron chi connectivity index (χ3n) is 11.8. The molecule has 0 saturated carbocycles. The number of hydrogen-bond acceptors (Lipinski definition) is 2. The Morgan fingerprint density at radius 3 is 1.24 bits per heavy atom. The fourth-order valence-corrected chi connectivity index (χ4v) is 14.2. The molecule has 58 heavy (non-hydrogen) atoms. The second-order valence-corrected chi connectivity index (χ2v) is 18.7. The lowest BCUT2D eigenvalue weighted by Gasteiger charge is -2.40. The Morgan fingerprint density at radius 2 is 0.690 bits per heavy atom. The molecule has 0 bridgehead atoms. The van der Waals surface area contributed by atoms with Crippen LogP contribution in [0.3, 0.4) is 0 Å². The molecule has 2 heterocycles. The summed E-state index contributed by atoms with van der Waals surface area (Å²) in [6.45, 7) is 0. The van der Waals surface area contributed by atoms with E-state index in [1.807, 2.05) is 0 Å². The molecule has 0 aliphatic carbocycles. The first-order chi connectivity index (χ1) is 28.8. The molecule has 0 N–H and O–H groups in total. The molecule has 1 aromatic heterocycles. The van der Waals surface area contributed by atoms with Gasteiger partial charge in [0.05, 0.1) is 33.8 Å². The summed E-state index contributed by atoms with van der Waals surface area (Å²) in [4.78, 5) is 4.81. The highest BCUT2D eigenvalue weighted by atomic mass is 28.3. The van der Waals surface area contributed by atoms with Gasteiger partial charge in [-0.3, -0.25) is 0 Å². The summed E-state index contributed by atoms with van der Waals surface area (Å²) >= 11 is 0. The second kappa shape index (κ2) is 14.0. The molecule has 0 radical (unpaired) electrons. The van der Waals surface area contributed by atoms with Crippen LogP contribution in [0, 0.1) is 0 Å². The fourth-order valence-electron chi connectivity index (χ4n) is 9.38. The molecule has 4 heteroatoms. The van der Waals surface area contributed by atoms with Crippen LogP contribution in [0.1, 0.15) is 0 Å². The molecular weight excluding hydrogens is 719 g/mol. The second-order valence-electron chi connectivity index (χ2n) is 14.9. The largest absolute Gasteiger partial charge is 0.309 e. The van der Waals surface area contributed by atoms with Crippen molar-refractivity contribution in [3.8, 4) is 5.69 Å². The van der Waals surface area contributed by atoms with E-state index in [0.717, 1.165) is 39.8 Å². The van der Waals surface area contributed by atoms with Crippen LogP contribution in [0.5, 0.6) is 0 Å². The molecule has 0 spiro atoms. The van der Waals surface area contributed by atoms with Gasteiger partial charge in [0, 0.05) is 27.8 Å². The van der Waals surface area contributed by atoms with Crippen LogP contribution in [0.4, 0.5) is 34.1 Å². The highest BCUT2D eigenvalue weighted by Crippen LogP contribution is 2.54. The van der Waals surface area contributed by atoms with Crippen LogP contribution in [0.25, 0.3) is 27.5 Å². The van der Waals surface area contributed by atoms with Gasteiger partial charge < -0.3 is 14.4 Å². The summed E-state index contributed by atoms with van der Waals surface area (Å²) in [5, 5.41) is 7.97. The lowest BCUT2D eigenvalue weighted by Crippen LogP contribution is -2.74. The van der Waals surface area contributed by atoms with Crippen molar-refractivity contribution in [1.29, 1.82) is 0 Å². The van der Waals surface area contributed by atoms with Gasteiger partial charge in [0.15, 0.2) is 8.07 Å². The predicted molar refractivity (Wildman–Crippen MR) is 247 cm³/mol. The van der Waals surface area contributed by atoms with E-state index in [0.29, 0.717) is 0 Å². The van der Waals surface area contributed by atoms with E-state index in [1.54, 1.807) is 0 Å². The zero-order valence-corrected chi connectivity index (χ0v) is 32.9. The maximum atomic E-state index is 2.51. The molecule has 0 saturated heterocycles. The Hall–Kier alpha value is -7.40. The molecule has 0 atom stereocenters. The van der Waals surface area contributed by atoms with Crippen molar-refractivity contribution in [2.24, 2.45) is 0 Å². The van der Waals surface area contributed by atoms with Gasteiger partial charge in [-0.2, -0.15) is 0 Å². The van der Waals surface area contributed by atoms with Crippen LogP contribution in [0.2, 0.25) is 0 Å². The molecular formula is C54H39N3Si. The topological polar surface area (TPSA) is 11.4 Å². The van der Waals surface area contributed by atoms with E-state index >= 15 is 0 Å². The zero-order valence-electron chi connectivity index (χ0n) is 31.9. The maximum Gasteiger partial charge on any atom is 0.179 e. The minimum absolute atomic E-state index is 1.11. The minimum Gasteiger partial charge on any atom is -0.309 e. The molecule has 11 rings (SSSR count). The maximum absolute atomic E-state index is 2.74. The Balaban J connectivity index is 1.17. The normalized spacial score (nSPS) is 12.4. The van der Waals surface area contributed by atoms with Gasteiger partial charge in [0.25, 0.3) is 0 Å². The third-order valence-corrected chi connectivity index (χ3v) is 16.6. The van der Waals surface area contributed by atoms with Crippen molar-refractivity contribution < 1.29 is 0 Å². The number of rotatable bonds is 7. The van der Waals surface area contributed by atoms with Crippen molar-refractivity contribution in [2.75, 3.05) is 9.80 Å². The highest BCUT2D eigenvalue weighted by Gasteiger charge is 2.41. The summed E-state index contributed by atoms with van der Waals surface area (Å²) in [5.74, 6) is 0. The van der Waals surface area contributed by atoms with Gasteiger partial charge in [-0.1, -0.05) is 170 Å². The van der Waals surface area contributed by atoms with Crippen molar-refractivity contribution in [1.82, 2.24) is 4.57 Å². The molecule has 0 amide bonds. The van der Waals surface area contributed by atoms with Gasteiger partial charge in [-0.15, -0.1) is 0 Å². The van der Waals surface area contributed by atoms with Crippen molar-refractivity contribution >= 4 is 84.8 Å². The molecule has 1 aliphatic heterocycles. The molecule has 274 valence electrons. The van der Waals surface area contributed by atoms with Gasteiger partial charge in [0.2, 0.25) is 0 Å². The standard InChI is InChI=1S/C54H39N3Si/c1-6-20-40(21-7-1)55-51-32-18-19-33-52(51)56(41-22-8-2-9-23-41)54-38-42(34-36-53(54)55)57-49-31-17-16-30-47(49)48-39-46(35-37-50(48)57)58(43-24-10-3-11-25-43,44-26-12-4-13-27-44)45-28-14-5-15-29-45/h1-39H. The smallest absolute Gasteiger partial charge is 0.179 e. The summed E-state index contributed by atoms with van der Waals surface area (Å²) in [5.41, 5.74) is 10.3. The molecule has 3 nitrogen and oxygen atoms in total. The van der Waals surface area contributed by atoms with Gasteiger partial charge >= 0.3 is 0 Å². The molecule has 0 fully saturated rings. The number of aromatic nitrogens is 1. The van der Waals surface area contributed by atoms with Gasteiger partial charge in [-0.05, 0) is 87.5 Å². The van der Waals surface area contributed by atoms with Crippen molar-refractivity contribution in [3.63, 3.8) is 0 Å². The van der Waals surface area contributed by atoms with E-state index in [2.05, 4.69) is 251 Å². The zero-order chi connectivity index (χ0) is 38.5. The SMILES string of the molecule is c1ccc(N2c3ccccc3N(c3ccccc3)c3cc(-n4c5ccccc5c5cc([Si](c6ccccc6)(c6ccccc6)c6ccccc6)ccc54)ccc32)cc1. The van der Waals surface area contributed by atoms with Gasteiger partial charge in [0.1, 0.15) is 0 Å². The van der Waals surface area contributed by atoms with E-state index in [9.17, 15) is 0 Å². The lowest BCUT2D eigenvalue weighted by molar-refractivity contribution is 1.14. The highest BCUT2D eigenvalue weighted by molar-refractivity contribution is 7.20. The number of para-hydroxylation sites is 5. The molecule has 1 aliphatic rings. The molecule has 0 unspecified atom stereocenters. The first-order valence-electron chi connectivity index (χ1n) is 19.9. The van der Waals surface area contributed by atoms with E-state index < -0.39 is 8.07 Å². The van der Waals surface area contributed by atoms with E-state index in [-0.39, 0.29) is 0 Å². The number of nitrogens with zero attached hydrogens (tertiary/aromatic N) is 3. The number of benzene rings is 9. The van der Waals surface area contributed by atoms with Crippen LogP contribution in [0.15, 0.2) is 237 Å². The Kier molecular flexibility index (Phi) is 8.16. The van der Waals surface area contributed by atoms with E-state index in [1.165, 1.54) is 42.6 Å². The van der Waals surface area contributed by atoms with Crippen LogP contribution in [-0.4, -0.2) is 12.6 Å². The average Bonchev–Trinajstić information content (AvgIpc) is 3.64. The average molecular weight is 758 g/mol. The lowest BCUT2D eigenvalue weighted by atomic mass is 10.0. The third kappa shape index (κ3) is 5.27. The van der Waals surface area contributed by atoms with Gasteiger partial charge in [-0.25, -0.2) is 0 Å². The first-order valence-corrected chi connectivity index (χ1v) is 21.9. The molecule has 9 aromatic carbocycles. The van der Waals surface area contributed by atoms with Crippen LogP contribution < -0.4 is 30.5 Å². The number of hydrogen-bond donors (Lipinski definition) is 0. The fraction of sp³-hybridized carbons (Fsp3) is 0. The number of fused-ring (bicyclic) bond motifs is 5. The Morgan fingerprint density at radius 1 is 0.259 bits per heavy atom. The minimum atomic E-state index is -2.74. The first kappa shape index (κ1) is 33.9. The predicted octanol–water partition coefficient (Wildman–Crippen LogP) is 11.4. The monoisotopic (exact) mass is 757 g/mol. The summed E-state index contributed by atoms with van der Waals surface area (Å²) in [7, 11) is -2.74. The van der Waals surface area contributed by atoms with Crippen LogP contribution in [-0.2, 0) is 0 Å². The Labute approximate surface area is 340 Å². The quantitative estimate of drug-likeness (QED) is 0.118. The number of anilines is 6. The molecule has 10 aromatic rings. The van der Waals surface area contributed by atoms with Crippen molar-refractivity contribution in [3.05, 3.63) is 237 Å². The van der Waals surface area contributed by atoms with Crippen LogP contribution >= 0.6 is 0 Å². The van der Waals surface area contributed by atoms with E-state index in [4.69, 9.17) is 0 Å². The Bertz CT molecular complexity index is 2960. The van der Waals surface area contributed by atoms with Crippen molar-refractivity contribution in [2.45, 2.75) is 0 Å².